The highest BCUT2D eigenvalue weighted by Crippen LogP contribution is 2.18. The molecule has 0 spiro atoms. The predicted octanol–water partition coefficient (Wildman–Crippen LogP) is 7.28. The average molecular weight is 370 g/mol. The Balaban J connectivity index is 3.67. The van der Waals surface area contributed by atoms with Crippen LogP contribution in [0.25, 0.3) is 0 Å². The van der Waals surface area contributed by atoms with E-state index in [4.69, 9.17) is 0 Å². The Kier molecular flexibility index (Phi) is 17.7. The lowest BCUT2D eigenvalue weighted by atomic mass is 9.99. The first-order chi connectivity index (χ1) is 12.7. The maximum atomic E-state index is 11.0. The van der Waals surface area contributed by atoms with Gasteiger partial charge in [0, 0.05) is 0 Å². The molecule has 0 aromatic heterocycles. The minimum atomic E-state index is -0.0993. The highest BCUT2D eigenvalue weighted by Gasteiger charge is 2.11. The zero-order valence-electron chi connectivity index (χ0n) is 16.9. The molecule has 0 aliphatic rings. The molecule has 0 radical (unpaired) electrons. The molecule has 0 saturated heterocycles. The SMILES string of the molecule is CCCCC(CCCCCCC(CCCCC(CCC)N=O)N=O)N=O. The van der Waals surface area contributed by atoms with Gasteiger partial charge < -0.3 is 0 Å². The fraction of sp³-hybridized carbons (Fsp3) is 1.00. The van der Waals surface area contributed by atoms with Gasteiger partial charge in [0.2, 0.25) is 0 Å². The summed E-state index contributed by atoms with van der Waals surface area (Å²) in [5, 5.41) is 9.65. The Morgan fingerprint density at radius 3 is 1.15 bits per heavy atom. The van der Waals surface area contributed by atoms with Crippen LogP contribution >= 0.6 is 0 Å². The van der Waals surface area contributed by atoms with Crippen molar-refractivity contribution < 1.29 is 0 Å². The van der Waals surface area contributed by atoms with E-state index in [1.165, 1.54) is 0 Å². The van der Waals surface area contributed by atoms with Crippen LogP contribution in [-0.2, 0) is 0 Å². The van der Waals surface area contributed by atoms with Gasteiger partial charge in [-0.2, -0.15) is 14.7 Å². The molecule has 0 aliphatic heterocycles. The quantitative estimate of drug-likeness (QED) is 0.167. The van der Waals surface area contributed by atoms with E-state index in [0.29, 0.717) is 0 Å². The molecule has 152 valence electrons. The van der Waals surface area contributed by atoms with Gasteiger partial charge in [-0.15, -0.1) is 0 Å². The highest BCUT2D eigenvalue weighted by molar-refractivity contribution is 4.70. The molecule has 0 aromatic carbocycles. The minimum Gasteiger partial charge on any atom is -0.151 e. The van der Waals surface area contributed by atoms with Gasteiger partial charge in [0.05, 0.1) is 18.1 Å². The van der Waals surface area contributed by atoms with E-state index >= 15 is 0 Å². The molecule has 0 bridgehead atoms. The molecule has 6 heteroatoms. The van der Waals surface area contributed by atoms with Crippen LogP contribution in [0.2, 0.25) is 0 Å². The van der Waals surface area contributed by atoms with E-state index in [9.17, 15) is 14.7 Å². The van der Waals surface area contributed by atoms with Crippen molar-refractivity contribution in [2.75, 3.05) is 0 Å². The van der Waals surface area contributed by atoms with Crippen LogP contribution in [0.1, 0.15) is 110 Å². The third kappa shape index (κ3) is 14.0. The molecule has 0 aliphatic carbocycles. The Bertz CT molecular complexity index is 353. The van der Waals surface area contributed by atoms with E-state index in [2.05, 4.69) is 29.4 Å². The average Bonchev–Trinajstić information content (AvgIpc) is 2.67. The van der Waals surface area contributed by atoms with Crippen molar-refractivity contribution in [1.82, 2.24) is 0 Å². The Morgan fingerprint density at radius 1 is 0.462 bits per heavy atom. The van der Waals surface area contributed by atoms with Crippen LogP contribution in [-0.4, -0.2) is 18.1 Å². The van der Waals surface area contributed by atoms with Crippen molar-refractivity contribution in [1.29, 1.82) is 0 Å². The van der Waals surface area contributed by atoms with Crippen LogP contribution in [0.15, 0.2) is 15.5 Å². The van der Waals surface area contributed by atoms with E-state index in [0.717, 1.165) is 96.3 Å². The summed E-state index contributed by atoms with van der Waals surface area (Å²) in [6.07, 6.45) is 14.4. The van der Waals surface area contributed by atoms with Crippen LogP contribution < -0.4 is 0 Å². The zero-order valence-corrected chi connectivity index (χ0v) is 16.9. The summed E-state index contributed by atoms with van der Waals surface area (Å²) in [4.78, 5) is 32.4. The summed E-state index contributed by atoms with van der Waals surface area (Å²) in [5.41, 5.74) is 0. The fourth-order valence-electron chi connectivity index (χ4n) is 3.40. The van der Waals surface area contributed by atoms with Crippen LogP contribution in [0, 0.1) is 14.7 Å². The summed E-state index contributed by atoms with van der Waals surface area (Å²) in [7, 11) is 0. The molecule has 0 aromatic rings. The van der Waals surface area contributed by atoms with Gasteiger partial charge in [-0.25, -0.2) is 0 Å². The topological polar surface area (TPSA) is 88.3 Å². The summed E-state index contributed by atoms with van der Waals surface area (Å²) in [6.45, 7) is 4.19. The normalized spacial score (nSPS) is 14.5. The van der Waals surface area contributed by atoms with Gasteiger partial charge in [-0.3, -0.25) is 0 Å². The Morgan fingerprint density at radius 2 is 0.808 bits per heavy atom. The first-order valence-electron chi connectivity index (χ1n) is 10.7. The van der Waals surface area contributed by atoms with E-state index in [-0.39, 0.29) is 18.1 Å². The predicted molar refractivity (Wildman–Crippen MR) is 109 cm³/mol. The lowest BCUT2D eigenvalue weighted by Gasteiger charge is -2.11. The summed E-state index contributed by atoms with van der Waals surface area (Å²) >= 11 is 0. The van der Waals surface area contributed by atoms with Crippen LogP contribution in [0.4, 0.5) is 0 Å². The molecule has 3 unspecified atom stereocenters. The van der Waals surface area contributed by atoms with Gasteiger partial charge in [-0.1, -0.05) is 87.2 Å². The number of hydrogen-bond donors (Lipinski definition) is 0. The number of unbranched alkanes of at least 4 members (excludes halogenated alkanes) is 5. The lowest BCUT2D eigenvalue weighted by molar-refractivity contribution is 0.460. The summed E-state index contributed by atoms with van der Waals surface area (Å²) in [5.74, 6) is 0. The number of rotatable bonds is 20. The van der Waals surface area contributed by atoms with Gasteiger partial charge in [0.1, 0.15) is 0 Å². The molecular formula is C20H39N3O3. The minimum absolute atomic E-state index is 0.0169. The van der Waals surface area contributed by atoms with Crippen molar-refractivity contribution in [3.63, 3.8) is 0 Å². The Hall–Kier alpha value is -1.20. The first-order valence-corrected chi connectivity index (χ1v) is 10.7. The molecule has 0 heterocycles. The second-order valence-electron chi connectivity index (χ2n) is 7.48. The molecule has 0 N–H and O–H groups in total. The molecule has 0 rings (SSSR count). The van der Waals surface area contributed by atoms with E-state index < -0.39 is 0 Å². The largest absolute Gasteiger partial charge is 0.151 e. The smallest absolute Gasteiger partial charge is 0.0919 e. The van der Waals surface area contributed by atoms with Gasteiger partial charge >= 0.3 is 0 Å². The number of nitrogens with zero attached hydrogens (tertiary/aromatic N) is 3. The van der Waals surface area contributed by atoms with Crippen molar-refractivity contribution in [2.24, 2.45) is 15.5 Å². The summed E-state index contributed by atoms with van der Waals surface area (Å²) in [6, 6.07) is -0.181. The second-order valence-corrected chi connectivity index (χ2v) is 7.48. The van der Waals surface area contributed by atoms with Crippen molar-refractivity contribution in [2.45, 2.75) is 128 Å². The maximum Gasteiger partial charge on any atom is 0.0919 e. The number of nitroso groups, excluding NO2 is 3. The highest BCUT2D eigenvalue weighted by atomic mass is 16.3. The molecule has 3 atom stereocenters. The standard InChI is InChI=1S/C20H39N3O3/c1-3-5-13-19(22-25)14-8-6-7-9-15-20(23-26)17-11-10-16-18(21-24)12-4-2/h18-20H,3-17H2,1-2H3. The first kappa shape index (κ1) is 24.8. The zero-order chi connectivity index (χ0) is 19.5. The molecule has 0 fully saturated rings. The van der Waals surface area contributed by atoms with Crippen molar-refractivity contribution in [3.8, 4) is 0 Å². The van der Waals surface area contributed by atoms with Gasteiger partial charge in [0.25, 0.3) is 0 Å². The van der Waals surface area contributed by atoms with E-state index in [1.807, 2.05) is 0 Å². The summed E-state index contributed by atoms with van der Waals surface area (Å²) < 4.78 is 0. The van der Waals surface area contributed by atoms with E-state index in [1.54, 1.807) is 0 Å². The van der Waals surface area contributed by atoms with Crippen molar-refractivity contribution >= 4 is 0 Å². The second kappa shape index (κ2) is 18.6. The molecular weight excluding hydrogens is 330 g/mol. The maximum absolute atomic E-state index is 11.0. The monoisotopic (exact) mass is 369 g/mol. The lowest BCUT2D eigenvalue weighted by Crippen LogP contribution is -2.06. The van der Waals surface area contributed by atoms with Gasteiger partial charge in [0.15, 0.2) is 0 Å². The van der Waals surface area contributed by atoms with Crippen molar-refractivity contribution in [3.05, 3.63) is 14.7 Å². The Labute approximate surface area is 159 Å². The molecule has 6 nitrogen and oxygen atoms in total. The third-order valence-electron chi connectivity index (χ3n) is 5.11. The van der Waals surface area contributed by atoms with Gasteiger partial charge in [-0.05, 0) is 38.5 Å². The molecule has 0 amide bonds. The van der Waals surface area contributed by atoms with Crippen LogP contribution in [0.5, 0.6) is 0 Å². The fourth-order valence-corrected chi connectivity index (χ4v) is 3.40. The third-order valence-corrected chi connectivity index (χ3v) is 5.11. The van der Waals surface area contributed by atoms with Crippen LogP contribution in [0.3, 0.4) is 0 Å². The molecule has 26 heavy (non-hydrogen) atoms. The number of hydrogen-bond acceptors (Lipinski definition) is 6. The molecule has 0 saturated carbocycles.